The molecule has 5 heteroatoms. The van der Waals surface area contributed by atoms with Gasteiger partial charge < -0.3 is 10.5 Å². The van der Waals surface area contributed by atoms with Gasteiger partial charge in [0.15, 0.2) is 0 Å². The standard InChI is InChI=1S/C5H11N3O2/c6-4-2-10-1-3(4)5(9)8-7/h3-4H,1-2,6-7H2,(H,8,9). The summed E-state index contributed by atoms with van der Waals surface area (Å²) < 4.78 is 4.95. The first-order valence-electron chi connectivity index (χ1n) is 3.09. The van der Waals surface area contributed by atoms with Crippen LogP contribution in [-0.2, 0) is 9.53 Å². The van der Waals surface area contributed by atoms with Crippen molar-refractivity contribution >= 4 is 5.91 Å². The van der Waals surface area contributed by atoms with E-state index in [4.69, 9.17) is 16.3 Å². The van der Waals surface area contributed by atoms with Crippen LogP contribution < -0.4 is 17.0 Å². The highest BCUT2D eigenvalue weighted by Crippen LogP contribution is 2.10. The van der Waals surface area contributed by atoms with Crippen LogP contribution >= 0.6 is 0 Å². The third-order valence-electron chi connectivity index (χ3n) is 1.60. The Morgan fingerprint density at radius 1 is 1.60 bits per heavy atom. The van der Waals surface area contributed by atoms with Crippen LogP contribution in [0.4, 0.5) is 0 Å². The minimum absolute atomic E-state index is 0.205. The van der Waals surface area contributed by atoms with Crippen LogP contribution in [0, 0.1) is 5.92 Å². The topological polar surface area (TPSA) is 90.4 Å². The summed E-state index contributed by atoms with van der Waals surface area (Å²) in [5.74, 6) is 4.38. The maximum atomic E-state index is 10.8. The van der Waals surface area contributed by atoms with Crippen molar-refractivity contribution in [2.24, 2.45) is 17.5 Å². The van der Waals surface area contributed by atoms with Gasteiger partial charge in [-0.05, 0) is 0 Å². The van der Waals surface area contributed by atoms with Crippen LogP contribution in [0.15, 0.2) is 0 Å². The molecule has 1 amide bonds. The Balaban J connectivity index is 2.46. The molecule has 2 unspecified atom stereocenters. The number of rotatable bonds is 1. The van der Waals surface area contributed by atoms with Gasteiger partial charge in [-0.2, -0.15) is 0 Å². The van der Waals surface area contributed by atoms with Crippen molar-refractivity contribution in [1.82, 2.24) is 5.43 Å². The first kappa shape index (κ1) is 7.46. The van der Waals surface area contributed by atoms with Crippen molar-refractivity contribution in [1.29, 1.82) is 0 Å². The normalized spacial score (nSPS) is 32.2. The average Bonchev–Trinajstić information content (AvgIpc) is 2.34. The second kappa shape index (κ2) is 2.96. The van der Waals surface area contributed by atoms with E-state index in [1.54, 1.807) is 0 Å². The van der Waals surface area contributed by atoms with Gasteiger partial charge >= 0.3 is 0 Å². The van der Waals surface area contributed by atoms with Crippen molar-refractivity contribution in [2.45, 2.75) is 6.04 Å². The molecule has 0 saturated carbocycles. The van der Waals surface area contributed by atoms with Gasteiger partial charge in [-0.15, -0.1) is 0 Å². The second-order valence-electron chi connectivity index (χ2n) is 2.32. The van der Waals surface area contributed by atoms with Crippen molar-refractivity contribution in [2.75, 3.05) is 13.2 Å². The van der Waals surface area contributed by atoms with Gasteiger partial charge in [0.05, 0.1) is 19.1 Å². The highest BCUT2D eigenvalue weighted by atomic mass is 16.5. The summed E-state index contributed by atoms with van der Waals surface area (Å²) >= 11 is 0. The van der Waals surface area contributed by atoms with E-state index in [1.165, 1.54) is 0 Å². The smallest absolute Gasteiger partial charge is 0.240 e. The Hall–Kier alpha value is -0.650. The largest absolute Gasteiger partial charge is 0.379 e. The number of carbonyl (C=O) groups is 1. The predicted molar refractivity (Wildman–Crippen MR) is 34.6 cm³/mol. The van der Waals surface area contributed by atoms with Gasteiger partial charge in [-0.25, -0.2) is 5.84 Å². The molecule has 1 aliphatic rings. The van der Waals surface area contributed by atoms with Crippen LogP contribution in [0.5, 0.6) is 0 Å². The molecule has 0 radical (unpaired) electrons. The fraction of sp³-hybridized carbons (Fsp3) is 0.800. The van der Waals surface area contributed by atoms with Crippen molar-refractivity contribution in [3.8, 4) is 0 Å². The van der Waals surface area contributed by atoms with E-state index >= 15 is 0 Å². The molecule has 0 aromatic heterocycles. The van der Waals surface area contributed by atoms with E-state index in [2.05, 4.69) is 0 Å². The van der Waals surface area contributed by atoms with Crippen LogP contribution in [0.1, 0.15) is 0 Å². The molecule has 1 aliphatic heterocycles. The molecule has 5 N–H and O–H groups in total. The van der Waals surface area contributed by atoms with E-state index < -0.39 is 0 Å². The van der Waals surface area contributed by atoms with Crippen molar-refractivity contribution in [3.63, 3.8) is 0 Å². The van der Waals surface area contributed by atoms with Crippen molar-refractivity contribution < 1.29 is 9.53 Å². The number of nitrogens with two attached hydrogens (primary N) is 2. The number of hydrazine groups is 1. The molecule has 1 fully saturated rings. The van der Waals surface area contributed by atoms with Crippen LogP contribution in [-0.4, -0.2) is 25.2 Å². The summed E-state index contributed by atoms with van der Waals surface area (Å²) in [5, 5.41) is 0. The lowest BCUT2D eigenvalue weighted by atomic mass is 10.0. The highest BCUT2D eigenvalue weighted by molar-refractivity contribution is 5.79. The van der Waals surface area contributed by atoms with Gasteiger partial charge in [-0.3, -0.25) is 10.2 Å². The first-order valence-corrected chi connectivity index (χ1v) is 3.09. The molecule has 0 bridgehead atoms. The predicted octanol–water partition coefficient (Wildman–Crippen LogP) is -2.05. The molecular weight excluding hydrogens is 134 g/mol. The highest BCUT2D eigenvalue weighted by Gasteiger charge is 2.30. The zero-order valence-electron chi connectivity index (χ0n) is 5.54. The Kier molecular flexibility index (Phi) is 2.21. The van der Waals surface area contributed by atoms with Crippen LogP contribution in [0.25, 0.3) is 0 Å². The minimum Gasteiger partial charge on any atom is -0.379 e. The molecule has 5 nitrogen and oxygen atoms in total. The molecule has 1 heterocycles. The average molecular weight is 145 g/mol. The van der Waals surface area contributed by atoms with Crippen LogP contribution in [0.2, 0.25) is 0 Å². The molecule has 58 valence electrons. The third kappa shape index (κ3) is 1.26. The zero-order valence-corrected chi connectivity index (χ0v) is 5.54. The zero-order chi connectivity index (χ0) is 7.56. The van der Waals surface area contributed by atoms with Crippen LogP contribution in [0.3, 0.4) is 0 Å². The Bertz CT molecular complexity index is 139. The lowest BCUT2D eigenvalue weighted by Gasteiger charge is -2.09. The lowest BCUT2D eigenvalue weighted by Crippen LogP contribution is -2.43. The summed E-state index contributed by atoms with van der Waals surface area (Å²) in [6.45, 7) is 0.822. The van der Waals surface area contributed by atoms with E-state index in [-0.39, 0.29) is 17.9 Å². The van der Waals surface area contributed by atoms with E-state index in [0.717, 1.165) is 0 Å². The number of ether oxygens (including phenoxy) is 1. The molecule has 0 aromatic rings. The molecule has 10 heavy (non-hydrogen) atoms. The summed E-state index contributed by atoms with van der Waals surface area (Å²) in [6, 6.07) is -0.205. The number of hydrogen-bond acceptors (Lipinski definition) is 4. The minimum atomic E-state index is -0.273. The van der Waals surface area contributed by atoms with E-state index in [9.17, 15) is 4.79 Å². The Morgan fingerprint density at radius 3 is 2.70 bits per heavy atom. The number of carbonyl (C=O) groups excluding carboxylic acids is 1. The molecular formula is C5H11N3O2. The first-order chi connectivity index (χ1) is 4.75. The number of amides is 1. The summed E-state index contributed by atoms with van der Waals surface area (Å²) in [7, 11) is 0. The second-order valence-corrected chi connectivity index (χ2v) is 2.32. The maximum Gasteiger partial charge on any atom is 0.240 e. The maximum absolute atomic E-state index is 10.8. The summed E-state index contributed by atoms with van der Waals surface area (Å²) in [4.78, 5) is 10.8. The van der Waals surface area contributed by atoms with Gasteiger partial charge in [0.1, 0.15) is 0 Å². The fourth-order valence-electron chi connectivity index (χ4n) is 0.948. The van der Waals surface area contributed by atoms with E-state index in [1.807, 2.05) is 5.43 Å². The Morgan fingerprint density at radius 2 is 2.30 bits per heavy atom. The number of hydrogen-bond donors (Lipinski definition) is 3. The van der Waals surface area contributed by atoms with Crippen molar-refractivity contribution in [3.05, 3.63) is 0 Å². The van der Waals surface area contributed by atoms with Gasteiger partial charge in [0.2, 0.25) is 5.91 Å². The molecule has 0 aliphatic carbocycles. The molecule has 1 rings (SSSR count). The molecule has 2 atom stereocenters. The molecule has 0 spiro atoms. The molecule has 0 aromatic carbocycles. The monoisotopic (exact) mass is 145 g/mol. The Labute approximate surface area is 58.7 Å². The molecule has 1 saturated heterocycles. The SMILES string of the molecule is NNC(=O)C1COCC1N. The number of nitrogens with one attached hydrogen (secondary N) is 1. The van der Waals surface area contributed by atoms with E-state index in [0.29, 0.717) is 13.2 Å². The van der Waals surface area contributed by atoms with Gasteiger partial charge in [-0.1, -0.05) is 0 Å². The van der Waals surface area contributed by atoms with Gasteiger partial charge in [0.25, 0.3) is 0 Å². The summed E-state index contributed by atoms with van der Waals surface area (Å²) in [5.41, 5.74) is 7.55. The lowest BCUT2D eigenvalue weighted by molar-refractivity contribution is -0.125. The van der Waals surface area contributed by atoms with Gasteiger partial charge in [0, 0.05) is 6.04 Å². The summed E-state index contributed by atoms with van der Waals surface area (Å²) in [6.07, 6.45) is 0. The fourth-order valence-corrected chi connectivity index (χ4v) is 0.948. The quantitative estimate of drug-likeness (QED) is 0.225. The third-order valence-corrected chi connectivity index (χ3v) is 1.60.